The third-order valence-corrected chi connectivity index (χ3v) is 4.22. The highest BCUT2D eigenvalue weighted by molar-refractivity contribution is 7.89. The summed E-state index contributed by atoms with van der Waals surface area (Å²) in [4.78, 5) is 3.93. The molecule has 2 rings (SSSR count). The molecule has 0 aromatic carbocycles. The summed E-state index contributed by atoms with van der Waals surface area (Å²) in [5.74, 6) is 0. The van der Waals surface area contributed by atoms with E-state index < -0.39 is 10.0 Å². The quantitative estimate of drug-likeness (QED) is 0.845. The summed E-state index contributed by atoms with van der Waals surface area (Å²) >= 11 is 0. The molecule has 2 heterocycles. The van der Waals surface area contributed by atoms with Gasteiger partial charge in [-0.25, -0.2) is 18.1 Å². The van der Waals surface area contributed by atoms with Crippen LogP contribution in [0.5, 0.6) is 0 Å². The number of aryl methyl sites for hydroxylation is 2. The molecule has 2 aromatic heterocycles. The standard InChI is InChI=1S/C12H17N5O2S/c1-9-10(8-17(3)16-9)7-15-20(18,19)12-11(13-2)5-4-6-14-12/h4-6,8,13,15H,7H2,1-3H3. The van der Waals surface area contributed by atoms with Gasteiger partial charge in [-0.15, -0.1) is 0 Å². The van der Waals surface area contributed by atoms with Gasteiger partial charge in [0.2, 0.25) is 0 Å². The van der Waals surface area contributed by atoms with Crippen LogP contribution in [0.1, 0.15) is 11.3 Å². The van der Waals surface area contributed by atoms with E-state index in [0.29, 0.717) is 5.69 Å². The van der Waals surface area contributed by atoms with Crippen LogP contribution in [0.15, 0.2) is 29.6 Å². The van der Waals surface area contributed by atoms with E-state index in [1.807, 2.05) is 6.92 Å². The van der Waals surface area contributed by atoms with E-state index in [1.54, 1.807) is 37.1 Å². The van der Waals surface area contributed by atoms with Crippen molar-refractivity contribution in [1.29, 1.82) is 0 Å². The smallest absolute Gasteiger partial charge is 0.260 e. The Morgan fingerprint density at radius 3 is 2.75 bits per heavy atom. The van der Waals surface area contributed by atoms with Crippen LogP contribution in [0.3, 0.4) is 0 Å². The first-order chi connectivity index (χ1) is 9.44. The van der Waals surface area contributed by atoms with E-state index >= 15 is 0 Å². The maximum atomic E-state index is 12.3. The molecule has 0 aliphatic carbocycles. The number of aromatic nitrogens is 3. The molecule has 0 bridgehead atoms. The fraction of sp³-hybridized carbons (Fsp3) is 0.333. The number of rotatable bonds is 5. The number of pyridine rings is 1. The molecule has 0 fully saturated rings. The van der Waals surface area contributed by atoms with Crippen molar-refractivity contribution in [2.75, 3.05) is 12.4 Å². The molecule has 0 radical (unpaired) electrons. The third kappa shape index (κ3) is 2.97. The monoisotopic (exact) mass is 295 g/mol. The lowest BCUT2D eigenvalue weighted by Gasteiger charge is -2.09. The molecule has 0 spiro atoms. The minimum absolute atomic E-state index is 0.0101. The van der Waals surface area contributed by atoms with Gasteiger partial charge in [-0.05, 0) is 19.1 Å². The lowest BCUT2D eigenvalue weighted by atomic mass is 10.3. The second-order valence-electron chi connectivity index (χ2n) is 4.34. The lowest BCUT2D eigenvalue weighted by Crippen LogP contribution is -2.25. The number of nitrogens with one attached hydrogen (secondary N) is 2. The second kappa shape index (κ2) is 5.59. The molecule has 108 valence electrons. The van der Waals surface area contributed by atoms with E-state index in [0.717, 1.165) is 11.3 Å². The van der Waals surface area contributed by atoms with Crippen LogP contribution in [-0.2, 0) is 23.6 Å². The van der Waals surface area contributed by atoms with Crippen LogP contribution in [0, 0.1) is 6.92 Å². The van der Waals surface area contributed by atoms with E-state index in [9.17, 15) is 8.42 Å². The molecule has 20 heavy (non-hydrogen) atoms. The summed E-state index contributed by atoms with van der Waals surface area (Å²) in [6.07, 6.45) is 3.24. The van der Waals surface area contributed by atoms with Gasteiger partial charge in [-0.1, -0.05) is 0 Å². The van der Waals surface area contributed by atoms with Gasteiger partial charge in [0.05, 0.1) is 11.4 Å². The first-order valence-electron chi connectivity index (χ1n) is 6.05. The van der Waals surface area contributed by atoms with Gasteiger partial charge in [0, 0.05) is 38.6 Å². The molecule has 2 N–H and O–H groups in total. The first-order valence-corrected chi connectivity index (χ1v) is 7.54. The molecule has 8 heteroatoms. The highest BCUT2D eigenvalue weighted by Crippen LogP contribution is 2.17. The number of anilines is 1. The van der Waals surface area contributed by atoms with Gasteiger partial charge in [-0.2, -0.15) is 5.10 Å². The van der Waals surface area contributed by atoms with E-state index in [-0.39, 0.29) is 11.6 Å². The Hall–Kier alpha value is -1.93. The van der Waals surface area contributed by atoms with Gasteiger partial charge >= 0.3 is 0 Å². The largest absolute Gasteiger partial charge is 0.386 e. The van der Waals surface area contributed by atoms with E-state index in [1.165, 1.54) is 6.20 Å². The van der Waals surface area contributed by atoms with Gasteiger partial charge in [0.15, 0.2) is 5.03 Å². The number of hydrogen-bond donors (Lipinski definition) is 2. The number of hydrogen-bond acceptors (Lipinski definition) is 5. The molecule has 0 atom stereocenters. The van der Waals surface area contributed by atoms with Crippen molar-refractivity contribution in [3.8, 4) is 0 Å². The van der Waals surface area contributed by atoms with Crippen molar-refractivity contribution < 1.29 is 8.42 Å². The van der Waals surface area contributed by atoms with Crippen molar-refractivity contribution in [3.05, 3.63) is 35.8 Å². The van der Waals surface area contributed by atoms with Crippen LogP contribution in [0.4, 0.5) is 5.69 Å². The van der Waals surface area contributed by atoms with Crippen molar-refractivity contribution in [3.63, 3.8) is 0 Å². The Morgan fingerprint density at radius 2 is 2.15 bits per heavy atom. The van der Waals surface area contributed by atoms with Crippen LogP contribution in [-0.4, -0.2) is 30.2 Å². The van der Waals surface area contributed by atoms with Gasteiger partial charge < -0.3 is 5.32 Å². The maximum Gasteiger partial charge on any atom is 0.260 e. The van der Waals surface area contributed by atoms with Crippen molar-refractivity contribution in [2.24, 2.45) is 7.05 Å². The molecular formula is C12H17N5O2S. The number of nitrogens with zero attached hydrogens (tertiary/aromatic N) is 3. The van der Waals surface area contributed by atoms with Crippen molar-refractivity contribution >= 4 is 15.7 Å². The molecular weight excluding hydrogens is 278 g/mol. The summed E-state index contributed by atoms with van der Waals surface area (Å²) in [5, 5.41) is 6.98. The summed E-state index contributed by atoms with van der Waals surface area (Å²) in [7, 11) is -0.221. The highest BCUT2D eigenvalue weighted by atomic mass is 32.2. The lowest BCUT2D eigenvalue weighted by molar-refractivity contribution is 0.577. The minimum Gasteiger partial charge on any atom is -0.386 e. The predicted molar refractivity (Wildman–Crippen MR) is 75.8 cm³/mol. The molecule has 0 aliphatic rings. The highest BCUT2D eigenvalue weighted by Gasteiger charge is 2.19. The van der Waals surface area contributed by atoms with Gasteiger partial charge in [-0.3, -0.25) is 4.68 Å². The topological polar surface area (TPSA) is 88.9 Å². The first kappa shape index (κ1) is 14.5. The summed E-state index contributed by atoms with van der Waals surface area (Å²) < 4.78 is 28.7. The Kier molecular flexibility index (Phi) is 4.05. The van der Waals surface area contributed by atoms with Crippen LogP contribution in [0.2, 0.25) is 0 Å². The fourth-order valence-corrected chi connectivity index (χ4v) is 3.00. The molecule has 2 aromatic rings. The van der Waals surface area contributed by atoms with Gasteiger partial charge in [0.25, 0.3) is 10.0 Å². The Morgan fingerprint density at radius 1 is 1.40 bits per heavy atom. The summed E-state index contributed by atoms with van der Waals surface area (Å²) in [6, 6.07) is 3.34. The summed E-state index contributed by atoms with van der Waals surface area (Å²) in [5.41, 5.74) is 2.09. The maximum absolute atomic E-state index is 12.3. The normalized spacial score (nSPS) is 11.6. The third-order valence-electron chi connectivity index (χ3n) is 2.86. The zero-order valence-electron chi connectivity index (χ0n) is 11.6. The average Bonchev–Trinajstić information content (AvgIpc) is 2.75. The average molecular weight is 295 g/mol. The fourth-order valence-electron chi connectivity index (χ4n) is 1.86. The van der Waals surface area contributed by atoms with E-state index in [4.69, 9.17) is 0 Å². The molecule has 0 saturated heterocycles. The predicted octanol–water partition coefficient (Wildman–Crippen LogP) is 0.644. The molecule has 0 aliphatic heterocycles. The minimum atomic E-state index is -3.67. The zero-order chi connectivity index (χ0) is 14.8. The molecule has 0 unspecified atom stereocenters. The second-order valence-corrected chi connectivity index (χ2v) is 6.03. The summed E-state index contributed by atoms with van der Waals surface area (Å²) in [6.45, 7) is 2.02. The van der Waals surface area contributed by atoms with Crippen LogP contribution < -0.4 is 10.0 Å². The van der Waals surface area contributed by atoms with Crippen LogP contribution >= 0.6 is 0 Å². The van der Waals surface area contributed by atoms with E-state index in [2.05, 4.69) is 20.1 Å². The Bertz CT molecular complexity index is 708. The Labute approximate surface area is 118 Å². The molecule has 0 saturated carbocycles. The van der Waals surface area contributed by atoms with Crippen molar-refractivity contribution in [1.82, 2.24) is 19.5 Å². The molecule has 7 nitrogen and oxygen atoms in total. The van der Waals surface area contributed by atoms with Gasteiger partial charge in [0.1, 0.15) is 0 Å². The number of sulfonamides is 1. The Balaban J connectivity index is 2.21. The zero-order valence-corrected chi connectivity index (χ0v) is 12.4. The van der Waals surface area contributed by atoms with Crippen LogP contribution in [0.25, 0.3) is 0 Å². The molecule has 0 amide bonds. The van der Waals surface area contributed by atoms with Crippen molar-refractivity contribution in [2.45, 2.75) is 18.5 Å². The SMILES string of the molecule is CNc1cccnc1S(=O)(=O)NCc1cn(C)nc1C.